The van der Waals surface area contributed by atoms with Crippen molar-refractivity contribution in [2.75, 3.05) is 13.1 Å². The third kappa shape index (κ3) is 2.91. The number of H-pyrrole nitrogens is 1. The van der Waals surface area contributed by atoms with Gasteiger partial charge < -0.3 is 20.6 Å². The minimum absolute atomic E-state index is 0.324. The molecule has 1 aromatic heterocycles. The molecule has 0 radical (unpaired) electrons. The average Bonchev–Trinajstić information content (AvgIpc) is 3.28. The van der Waals surface area contributed by atoms with Crippen LogP contribution in [-0.4, -0.2) is 40.9 Å². The Balaban J connectivity index is 1.83. The Kier molecular flexibility index (Phi) is 4.30. The molecule has 1 amide bonds. The molecule has 132 valence electrons. The molecule has 4 N–H and O–H groups in total. The minimum atomic E-state index is -0.439. The summed E-state index contributed by atoms with van der Waals surface area (Å²) in [4.78, 5) is 17.4. The molecule has 1 aliphatic rings. The van der Waals surface area contributed by atoms with E-state index in [0.29, 0.717) is 11.5 Å². The van der Waals surface area contributed by atoms with Crippen molar-refractivity contribution in [1.82, 2.24) is 9.79 Å². The van der Waals surface area contributed by atoms with E-state index < -0.39 is 13.0 Å². The lowest BCUT2D eigenvalue weighted by atomic mass is 9.85. The van der Waals surface area contributed by atoms with Crippen LogP contribution in [0, 0.1) is 0 Å². The molecule has 3 aromatic rings. The molecule has 2 heterocycles. The standard InChI is InChI=1S/C20H22BN3O2/c1-21(26)24-8-7-14(12-24)18-11-23-19-16(18)9-15(10-17(19)20(22)25)13-5-3-2-4-6-13/h2-6,9-11,14,23,26H,7-8,12H2,1H3,(H2,22,25). The Morgan fingerprint density at radius 3 is 2.69 bits per heavy atom. The summed E-state index contributed by atoms with van der Waals surface area (Å²) in [6.45, 7) is 3.48. The van der Waals surface area contributed by atoms with Gasteiger partial charge in [0.25, 0.3) is 5.91 Å². The zero-order valence-electron chi connectivity index (χ0n) is 14.8. The van der Waals surface area contributed by atoms with E-state index in [1.54, 1.807) is 6.82 Å². The highest BCUT2D eigenvalue weighted by Crippen LogP contribution is 2.36. The zero-order valence-corrected chi connectivity index (χ0v) is 14.8. The van der Waals surface area contributed by atoms with Gasteiger partial charge in [-0.25, -0.2) is 0 Å². The first-order valence-electron chi connectivity index (χ1n) is 8.97. The topological polar surface area (TPSA) is 82.3 Å². The molecule has 4 rings (SSSR count). The SMILES string of the molecule is CB(O)N1CCC(c2c[nH]c3c(C(N)=O)cc(-c4ccccc4)cc23)C1. The molecule has 0 saturated carbocycles. The fourth-order valence-electron chi connectivity index (χ4n) is 3.96. The van der Waals surface area contributed by atoms with E-state index in [4.69, 9.17) is 5.73 Å². The third-order valence-corrected chi connectivity index (χ3v) is 5.38. The first kappa shape index (κ1) is 16.9. The van der Waals surface area contributed by atoms with E-state index in [-0.39, 0.29) is 0 Å². The summed E-state index contributed by atoms with van der Waals surface area (Å²) in [6.07, 6.45) is 2.97. The number of aromatic amines is 1. The summed E-state index contributed by atoms with van der Waals surface area (Å²) < 4.78 is 0. The van der Waals surface area contributed by atoms with Crippen LogP contribution in [0.5, 0.6) is 0 Å². The number of hydrogen-bond acceptors (Lipinski definition) is 3. The van der Waals surface area contributed by atoms with Crippen molar-refractivity contribution in [3.05, 3.63) is 59.8 Å². The van der Waals surface area contributed by atoms with Crippen LogP contribution >= 0.6 is 0 Å². The number of primary amides is 1. The lowest BCUT2D eigenvalue weighted by Crippen LogP contribution is -2.34. The van der Waals surface area contributed by atoms with Gasteiger partial charge in [-0.2, -0.15) is 0 Å². The van der Waals surface area contributed by atoms with Crippen LogP contribution in [0.3, 0.4) is 0 Å². The van der Waals surface area contributed by atoms with Gasteiger partial charge in [-0.1, -0.05) is 30.3 Å². The normalized spacial score (nSPS) is 17.7. The van der Waals surface area contributed by atoms with Crippen molar-refractivity contribution in [1.29, 1.82) is 0 Å². The molecular formula is C20H22BN3O2. The molecular weight excluding hydrogens is 325 g/mol. The van der Waals surface area contributed by atoms with Gasteiger partial charge in [0.1, 0.15) is 0 Å². The van der Waals surface area contributed by atoms with Crippen LogP contribution in [0.1, 0.15) is 28.3 Å². The zero-order chi connectivity index (χ0) is 18.3. The molecule has 1 fully saturated rings. The lowest BCUT2D eigenvalue weighted by Gasteiger charge is -2.16. The fraction of sp³-hybridized carbons (Fsp3) is 0.250. The van der Waals surface area contributed by atoms with E-state index in [9.17, 15) is 9.82 Å². The third-order valence-electron chi connectivity index (χ3n) is 5.38. The van der Waals surface area contributed by atoms with Crippen LogP contribution in [-0.2, 0) is 0 Å². The van der Waals surface area contributed by atoms with Crippen molar-refractivity contribution >= 4 is 23.9 Å². The number of nitrogens with zero attached hydrogens (tertiary/aromatic N) is 1. The van der Waals surface area contributed by atoms with Gasteiger partial charge >= 0.3 is 7.05 Å². The van der Waals surface area contributed by atoms with Crippen molar-refractivity contribution in [3.8, 4) is 11.1 Å². The van der Waals surface area contributed by atoms with Gasteiger partial charge in [0.2, 0.25) is 0 Å². The maximum Gasteiger partial charge on any atom is 0.376 e. The maximum absolute atomic E-state index is 12.0. The Bertz CT molecular complexity index is 952. The highest BCUT2D eigenvalue weighted by molar-refractivity contribution is 6.45. The van der Waals surface area contributed by atoms with Gasteiger partial charge in [-0.15, -0.1) is 0 Å². The predicted molar refractivity (Wildman–Crippen MR) is 105 cm³/mol. The van der Waals surface area contributed by atoms with Crippen LogP contribution in [0.25, 0.3) is 22.0 Å². The molecule has 0 bridgehead atoms. The second kappa shape index (κ2) is 6.63. The number of rotatable bonds is 4. The number of amides is 1. The van der Waals surface area contributed by atoms with Gasteiger partial charge in [-0.3, -0.25) is 4.79 Å². The number of carbonyl (C=O) groups excluding carboxylic acids is 1. The Labute approximate surface area is 152 Å². The van der Waals surface area contributed by atoms with Crippen molar-refractivity contribution in [2.45, 2.75) is 19.2 Å². The highest BCUT2D eigenvalue weighted by atomic mass is 16.2. The van der Waals surface area contributed by atoms with Gasteiger partial charge in [0.15, 0.2) is 0 Å². The largest absolute Gasteiger partial charge is 0.437 e. The number of nitrogens with two attached hydrogens (primary N) is 1. The van der Waals surface area contributed by atoms with Crippen LogP contribution in [0.4, 0.5) is 0 Å². The van der Waals surface area contributed by atoms with Crippen molar-refractivity contribution < 1.29 is 9.82 Å². The van der Waals surface area contributed by atoms with Crippen LogP contribution < -0.4 is 5.73 Å². The minimum Gasteiger partial charge on any atom is -0.437 e. The monoisotopic (exact) mass is 347 g/mol. The summed E-state index contributed by atoms with van der Waals surface area (Å²) in [6, 6.07) is 14.0. The van der Waals surface area contributed by atoms with Gasteiger partial charge in [0.05, 0.1) is 11.1 Å². The fourth-order valence-corrected chi connectivity index (χ4v) is 3.96. The quantitative estimate of drug-likeness (QED) is 0.635. The van der Waals surface area contributed by atoms with E-state index >= 15 is 0 Å². The first-order chi connectivity index (χ1) is 12.5. The molecule has 1 saturated heterocycles. The molecule has 0 aliphatic carbocycles. The molecule has 1 unspecified atom stereocenters. The molecule has 5 nitrogen and oxygen atoms in total. The Hall–Kier alpha value is -2.57. The summed E-state index contributed by atoms with van der Waals surface area (Å²) in [7, 11) is -0.439. The van der Waals surface area contributed by atoms with Crippen molar-refractivity contribution in [3.63, 3.8) is 0 Å². The number of fused-ring (bicyclic) bond motifs is 1. The predicted octanol–water partition coefficient (Wildman–Crippen LogP) is 2.83. The smallest absolute Gasteiger partial charge is 0.376 e. The van der Waals surface area contributed by atoms with Gasteiger partial charge in [-0.05, 0) is 61.1 Å². The highest BCUT2D eigenvalue weighted by Gasteiger charge is 2.30. The second-order valence-electron chi connectivity index (χ2n) is 7.03. The number of benzene rings is 2. The number of hydrogen-bond donors (Lipinski definition) is 3. The Morgan fingerprint density at radius 2 is 2.04 bits per heavy atom. The van der Waals surface area contributed by atoms with E-state index in [0.717, 1.165) is 41.5 Å². The molecule has 0 spiro atoms. The van der Waals surface area contributed by atoms with Gasteiger partial charge in [0, 0.05) is 11.6 Å². The van der Waals surface area contributed by atoms with E-state index in [1.165, 1.54) is 5.56 Å². The molecule has 2 aromatic carbocycles. The maximum atomic E-state index is 12.0. The summed E-state index contributed by atoms with van der Waals surface area (Å²) in [5, 5.41) is 10.9. The number of aromatic nitrogens is 1. The molecule has 26 heavy (non-hydrogen) atoms. The van der Waals surface area contributed by atoms with E-state index in [1.807, 2.05) is 42.6 Å². The average molecular weight is 347 g/mol. The summed E-state index contributed by atoms with van der Waals surface area (Å²) in [5.41, 5.74) is 10.2. The number of carbonyl (C=O) groups is 1. The van der Waals surface area contributed by atoms with E-state index in [2.05, 4.69) is 15.9 Å². The van der Waals surface area contributed by atoms with Crippen LogP contribution in [0.2, 0.25) is 6.82 Å². The summed E-state index contributed by atoms with van der Waals surface area (Å²) >= 11 is 0. The van der Waals surface area contributed by atoms with Crippen LogP contribution in [0.15, 0.2) is 48.7 Å². The lowest BCUT2D eigenvalue weighted by molar-refractivity contribution is 0.100. The number of nitrogens with one attached hydrogen (secondary N) is 1. The second-order valence-corrected chi connectivity index (χ2v) is 7.03. The summed E-state index contributed by atoms with van der Waals surface area (Å²) in [5.74, 6) is -0.108. The first-order valence-corrected chi connectivity index (χ1v) is 8.97. The molecule has 1 atom stereocenters. The Morgan fingerprint density at radius 1 is 1.27 bits per heavy atom. The molecule has 6 heteroatoms. The molecule has 1 aliphatic heterocycles. The van der Waals surface area contributed by atoms with Crippen molar-refractivity contribution in [2.24, 2.45) is 5.73 Å².